The number of nitro benzene ring substituents is 1. The second kappa shape index (κ2) is 4.12. The molecule has 0 bridgehead atoms. The van der Waals surface area contributed by atoms with Crippen molar-refractivity contribution >= 4 is 23.4 Å². The van der Waals surface area contributed by atoms with Crippen LogP contribution < -0.4 is 5.73 Å². The quantitative estimate of drug-likeness (QED) is 0.339. The fourth-order valence-electron chi connectivity index (χ4n) is 1.04. The Labute approximate surface area is 83.4 Å². The molecule has 0 saturated carbocycles. The first-order valence-corrected chi connectivity index (χ1v) is 3.73. The molecule has 0 fully saturated rings. The molecule has 0 radical (unpaired) electrons. The van der Waals surface area contributed by atoms with Gasteiger partial charge in [0.15, 0.2) is 5.69 Å². The Balaban J connectivity index is 3.55. The van der Waals surface area contributed by atoms with Crippen LogP contribution in [0.3, 0.4) is 0 Å². The molecule has 2 N–H and O–H groups in total. The number of carbonyl (C=O) groups excluding carboxylic acids is 2. The third-order valence-electron chi connectivity index (χ3n) is 1.63. The summed E-state index contributed by atoms with van der Waals surface area (Å²) in [6.45, 7) is 0. The summed E-state index contributed by atoms with van der Waals surface area (Å²) in [6.07, 6.45) is 1.14. The van der Waals surface area contributed by atoms with Crippen molar-refractivity contribution in [3.05, 3.63) is 33.9 Å². The predicted molar refractivity (Wildman–Crippen MR) is 49.4 cm³/mol. The molecule has 0 atom stereocenters. The second-order valence-corrected chi connectivity index (χ2v) is 2.50. The summed E-state index contributed by atoms with van der Waals surface area (Å²) in [4.78, 5) is 33.8. The average Bonchev–Trinajstić information content (AvgIpc) is 2.17. The molecular weight excluding hydrogens is 202 g/mol. The lowest BCUT2D eigenvalue weighted by Crippen LogP contribution is -2.11. The second-order valence-electron chi connectivity index (χ2n) is 2.50. The molecule has 7 nitrogen and oxygen atoms in total. The van der Waals surface area contributed by atoms with Gasteiger partial charge in [-0.15, -0.1) is 0 Å². The van der Waals surface area contributed by atoms with Crippen LogP contribution in [0.5, 0.6) is 0 Å². The maximum Gasteiger partial charge on any atom is 0.296 e. The molecule has 0 aliphatic heterocycles. The summed E-state index contributed by atoms with van der Waals surface area (Å²) in [5.74, 6) is -0.896. The van der Waals surface area contributed by atoms with Gasteiger partial charge in [0.05, 0.1) is 10.5 Å². The van der Waals surface area contributed by atoms with Gasteiger partial charge in [-0.25, -0.2) is 4.79 Å². The first-order valence-electron chi connectivity index (χ1n) is 3.73. The Kier molecular flexibility index (Phi) is 2.90. The number of hydrogen-bond donors (Lipinski definition) is 1. The number of primary amides is 1. The van der Waals surface area contributed by atoms with Gasteiger partial charge < -0.3 is 5.73 Å². The summed E-state index contributed by atoms with van der Waals surface area (Å²) in [5.41, 5.74) is 3.94. The molecule has 76 valence electrons. The van der Waals surface area contributed by atoms with Gasteiger partial charge in [0, 0.05) is 6.07 Å². The monoisotopic (exact) mass is 207 g/mol. The van der Waals surface area contributed by atoms with Gasteiger partial charge >= 0.3 is 0 Å². The lowest BCUT2D eigenvalue weighted by Gasteiger charge is -1.99. The number of isocyanates is 1. The molecule has 1 amide bonds. The van der Waals surface area contributed by atoms with Gasteiger partial charge in [0.1, 0.15) is 0 Å². The summed E-state index contributed by atoms with van der Waals surface area (Å²) >= 11 is 0. The number of hydrogen-bond acceptors (Lipinski definition) is 5. The van der Waals surface area contributed by atoms with Crippen LogP contribution in [0.25, 0.3) is 0 Å². The first-order chi connectivity index (χ1) is 7.07. The number of nitrogens with zero attached hydrogens (tertiary/aromatic N) is 2. The number of amides is 1. The molecule has 1 rings (SSSR count). The molecule has 15 heavy (non-hydrogen) atoms. The van der Waals surface area contributed by atoms with Gasteiger partial charge in [-0.1, -0.05) is 6.07 Å². The van der Waals surface area contributed by atoms with Crippen molar-refractivity contribution in [3.8, 4) is 0 Å². The van der Waals surface area contributed by atoms with E-state index in [-0.39, 0.29) is 11.3 Å². The number of para-hydroxylation sites is 1. The van der Waals surface area contributed by atoms with E-state index < -0.39 is 16.5 Å². The number of nitro groups is 1. The number of nitrogens with two attached hydrogens (primary N) is 1. The Hall–Kier alpha value is -2.53. The number of aliphatic imine (C=N–C) groups is 1. The summed E-state index contributed by atoms with van der Waals surface area (Å²) < 4.78 is 0. The van der Waals surface area contributed by atoms with Gasteiger partial charge in [0.2, 0.25) is 6.08 Å². The van der Waals surface area contributed by atoms with Crippen LogP contribution in [-0.4, -0.2) is 16.9 Å². The van der Waals surface area contributed by atoms with Crippen LogP contribution in [0.4, 0.5) is 11.4 Å². The Morgan fingerprint density at radius 2 is 2.20 bits per heavy atom. The van der Waals surface area contributed by atoms with E-state index in [0.29, 0.717) is 0 Å². The molecular formula is C8H5N3O4. The van der Waals surface area contributed by atoms with E-state index in [4.69, 9.17) is 5.73 Å². The summed E-state index contributed by atoms with van der Waals surface area (Å²) in [5, 5.41) is 10.5. The van der Waals surface area contributed by atoms with E-state index in [2.05, 4.69) is 4.99 Å². The van der Waals surface area contributed by atoms with E-state index in [1.807, 2.05) is 0 Å². The molecule has 0 aromatic heterocycles. The maximum atomic E-state index is 10.9. The van der Waals surface area contributed by atoms with E-state index >= 15 is 0 Å². The SMILES string of the molecule is NC(=O)c1cccc([N+](=O)[O-])c1N=C=O. The smallest absolute Gasteiger partial charge is 0.296 e. The van der Waals surface area contributed by atoms with E-state index in [1.165, 1.54) is 12.1 Å². The van der Waals surface area contributed by atoms with Crippen molar-refractivity contribution in [3.63, 3.8) is 0 Å². The van der Waals surface area contributed by atoms with Crippen LogP contribution in [0.1, 0.15) is 10.4 Å². The van der Waals surface area contributed by atoms with Gasteiger partial charge in [-0.05, 0) is 6.07 Å². The topological polar surface area (TPSA) is 116 Å². The highest BCUT2D eigenvalue weighted by Crippen LogP contribution is 2.30. The fraction of sp³-hybridized carbons (Fsp3) is 0. The molecule has 0 unspecified atom stereocenters. The molecule has 0 saturated heterocycles. The summed E-state index contributed by atoms with van der Waals surface area (Å²) in [7, 11) is 0. The van der Waals surface area contributed by atoms with Crippen LogP contribution in [0, 0.1) is 10.1 Å². The van der Waals surface area contributed by atoms with E-state index in [0.717, 1.165) is 12.1 Å². The predicted octanol–water partition coefficient (Wildman–Crippen LogP) is 0.661. The molecule has 1 aromatic rings. The molecule has 0 heterocycles. The van der Waals surface area contributed by atoms with Crippen LogP contribution in [-0.2, 0) is 4.79 Å². The highest BCUT2D eigenvalue weighted by atomic mass is 16.6. The van der Waals surface area contributed by atoms with E-state index in [9.17, 15) is 19.7 Å². The minimum absolute atomic E-state index is 0.187. The average molecular weight is 207 g/mol. The molecule has 0 spiro atoms. The number of carbonyl (C=O) groups is 1. The first kappa shape index (κ1) is 10.6. The molecule has 1 aromatic carbocycles. The lowest BCUT2D eigenvalue weighted by molar-refractivity contribution is -0.384. The number of benzene rings is 1. The third kappa shape index (κ3) is 2.04. The molecule has 0 aliphatic rings. The lowest BCUT2D eigenvalue weighted by atomic mass is 10.1. The van der Waals surface area contributed by atoms with Crippen molar-refractivity contribution in [1.82, 2.24) is 0 Å². The standard InChI is InChI=1S/C8H5N3O4/c9-8(13)5-2-1-3-6(11(14)15)7(5)10-4-12/h1-3H,(H2,9,13). The van der Waals surface area contributed by atoms with Crippen molar-refractivity contribution in [2.75, 3.05) is 0 Å². The molecule has 7 heteroatoms. The Morgan fingerprint density at radius 1 is 1.53 bits per heavy atom. The highest BCUT2D eigenvalue weighted by Gasteiger charge is 2.19. The van der Waals surface area contributed by atoms with Crippen molar-refractivity contribution in [1.29, 1.82) is 0 Å². The van der Waals surface area contributed by atoms with Crippen molar-refractivity contribution < 1.29 is 14.5 Å². The Morgan fingerprint density at radius 3 is 2.67 bits per heavy atom. The van der Waals surface area contributed by atoms with Crippen molar-refractivity contribution in [2.45, 2.75) is 0 Å². The van der Waals surface area contributed by atoms with Crippen molar-refractivity contribution in [2.24, 2.45) is 10.7 Å². The minimum atomic E-state index is -0.896. The normalized spacial score (nSPS) is 9.07. The number of rotatable bonds is 3. The van der Waals surface area contributed by atoms with Crippen LogP contribution in [0.2, 0.25) is 0 Å². The van der Waals surface area contributed by atoms with E-state index in [1.54, 1.807) is 0 Å². The zero-order valence-electron chi connectivity index (χ0n) is 7.34. The summed E-state index contributed by atoms with van der Waals surface area (Å²) in [6, 6.07) is 3.64. The van der Waals surface area contributed by atoms with Gasteiger partial charge in [-0.2, -0.15) is 4.99 Å². The van der Waals surface area contributed by atoms with Crippen LogP contribution in [0.15, 0.2) is 23.2 Å². The third-order valence-corrected chi connectivity index (χ3v) is 1.63. The zero-order valence-corrected chi connectivity index (χ0v) is 7.34. The maximum absolute atomic E-state index is 10.9. The van der Waals surface area contributed by atoms with Crippen LogP contribution >= 0.6 is 0 Å². The fourth-order valence-corrected chi connectivity index (χ4v) is 1.04. The highest BCUT2D eigenvalue weighted by molar-refractivity contribution is 6.00. The minimum Gasteiger partial charge on any atom is -0.366 e. The zero-order chi connectivity index (χ0) is 11.4. The molecule has 0 aliphatic carbocycles. The van der Waals surface area contributed by atoms with Gasteiger partial charge in [-0.3, -0.25) is 14.9 Å². The Bertz CT molecular complexity index is 445. The van der Waals surface area contributed by atoms with Gasteiger partial charge in [0.25, 0.3) is 11.6 Å². The largest absolute Gasteiger partial charge is 0.366 e.